The lowest BCUT2D eigenvalue weighted by Crippen LogP contribution is -2.38. The standard InChI is InChI=1S/C9H15BO2/c1-3-4-9-5-11-7(6(9)2)8(10)12-9/h6-8H,3-5H2,1-2H3/t6?,7?,8?,9-/m0/s1. The zero-order chi connectivity index (χ0) is 8.77. The number of fused-ring (bicyclic) bond motifs is 2. The normalized spacial score (nSPS) is 51.7. The molecule has 0 amide bonds. The lowest BCUT2D eigenvalue weighted by molar-refractivity contribution is -0.117. The summed E-state index contributed by atoms with van der Waals surface area (Å²) in [6.45, 7) is 5.09. The Labute approximate surface area is 75.0 Å². The molecular formula is C9H15BO2. The Morgan fingerprint density at radius 2 is 2.33 bits per heavy atom. The van der Waals surface area contributed by atoms with E-state index in [4.69, 9.17) is 17.3 Å². The topological polar surface area (TPSA) is 18.5 Å². The van der Waals surface area contributed by atoms with Crippen LogP contribution in [0.2, 0.25) is 0 Å². The van der Waals surface area contributed by atoms with Crippen molar-refractivity contribution in [2.45, 2.75) is 44.4 Å². The van der Waals surface area contributed by atoms with Crippen molar-refractivity contribution in [2.24, 2.45) is 5.92 Å². The van der Waals surface area contributed by atoms with E-state index in [0.29, 0.717) is 5.92 Å². The van der Waals surface area contributed by atoms with E-state index in [2.05, 4.69) is 13.8 Å². The molecular weight excluding hydrogens is 151 g/mol. The summed E-state index contributed by atoms with van der Waals surface area (Å²) in [6, 6.07) is -0.194. The van der Waals surface area contributed by atoms with Gasteiger partial charge in [-0.05, 0) is 6.42 Å². The average molecular weight is 166 g/mol. The summed E-state index contributed by atoms with van der Waals surface area (Å²) < 4.78 is 11.3. The van der Waals surface area contributed by atoms with Gasteiger partial charge in [-0.15, -0.1) is 0 Å². The molecule has 2 nitrogen and oxygen atoms in total. The summed E-state index contributed by atoms with van der Waals surface area (Å²) in [5, 5.41) is 0. The van der Waals surface area contributed by atoms with E-state index in [1.165, 1.54) is 0 Å². The molecule has 0 aromatic rings. The molecule has 0 N–H and O–H groups in total. The van der Waals surface area contributed by atoms with Crippen LogP contribution in [0.3, 0.4) is 0 Å². The Balaban J connectivity index is 2.15. The van der Waals surface area contributed by atoms with Crippen molar-refractivity contribution in [2.75, 3.05) is 6.61 Å². The van der Waals surface area contributed by atoms with Gasteiger partial charge in [-0.2, -0.15) is 0 Å². The molecule has 2 aliphatic heterocycles. The van der Waals surface area contributed by atoms with Gasteiger partial charge in [0.15, 0.2) is 0 Å². The smallest absolute Gasteiger partial charge is 0.112 e. The third-order valence-corrected chi connectivity index (χ3v) is 3.21. The molecule has 2 radical (unpaired) electrons. The fourth-order valence-corrected chi connectivity index (χ4v) is 2.45. The molecule has 2 fully saturated rings. The first kappa shape index (κ1) is 8.58. The molecule has 2 bridgehead atoms. The molecule has 2 rings (SSSR count). The Morgan fingerprint density at radius 1 is 1.58 bits per heavy atom. The molecule has 12 heavy (non-hydrogen) atoms. The van der Waals surface area contributed by atoms with Gasteiger partial charge in [-0.1, -0.05) is 20.3 Å². The molecule has 2 aliphatic rings. The quantitative estimate of drug-likeness (QED) is 0.571. The number of hydrogen-bond acceptors (Lipinski definition) is 2. The fraction of sp³-hybridized carbons (Fsp3) is 1.00. The predicted molar refractivity (Wildman–Crippen MR) is 47.2 cm³/mol. The van der Waals surface area contributed by atoms with Crippen molar-refractivity contribution in [3.8, 4) is 0 Å². The van der Waals surface area contributed by atoms with Gasteiger partial charge in [-0.25, -0.2) is 0 Å². The number of rotatable bonds is 2. The van der Waals surface area contributed by atoms with Crippen LogP contribution in [0.5, 0.6) is 0 Å². The summed E-state index contributed by atoms with van der Waals surface area (Å²) >= 11 is 0. The van der Waals surface area contributed by atoms with E-state index in [0.717, 1.165) is 19.4 Å². The second kappa shape index (κ2) is 2.74. The second-order valence-electron chi connectivity index (χ2n) is 3.96. The van der Waals surface area contributed by atoms with Crippen molar-refractivity contribution in [1.82, 2.24) is 0 Å². The van der Waals surface area contributed by atoms with Crippen LogP contribution in [-0.2, 0) is 9.47 Å². The van der Waals surface area contributed by atoms with Gasteiger partial charge in [-0.3, -0.25) is 0 Å². The molecule has 3 heteroatoms. The highest BCUT2D eigenvalue weighted by Crippen LogP contribution is 2.45. The minimum absolute atomic E-state index is 0.0567. The summed E-state index contributed by atoms with van der Waals surface area (Å²) in [5.41, 5.74) is -0.0567. The van der Waals surface area contributed by atoms with Crippen molar-refractivity contribution in [3.63, 3.8) is 0 Å². The summed E-state index contributed by atoms with van der Waals surface area (Å²) in [6.07, 6.45) is 2.34. The predicted octanol–water partition coefficient (Wildman–Crippen LogP) is 1.08. The molecule has 66 valence electrons. The Kier molecular flexibility index (Phi) is 1.96. The molecule has 0 aliphatic carbocycles. The van der Waals surface area contributed by atoms with Crippen LogP contribution in [0.1, 0.15) is 26.7 Å². The fourth-order valence-electron chi connectivity index (χ4n) is 2.45. The molecule has 0 saturated carbocycles. The van der Waals surface area contributed by atoms with E-state index in [-0.39, 0.29) is 17.7 Å². The van der Waals surface area contributed by atoms with E-state index in [9.17, 15) is 0 Å². The summed E-state index contributed by atoms with van der Waals surface area (Å²) in [5.74, 6) is 0.465. The highest BCUT2D eigenvalue weighted by molar-refractivity contribution is 6.11. The maximum absolute atomic E-state index is 5.78. The van der Waals surface area contributed by atoms with Crippen molar-refractivity contribution < 1.29 is 9.47 Å². The third kappa shape index (κ3) is 0.959. The number of hydrogen-bond donors (Lipinski definition) is 0. The first-order chi connectivity index (χ1) is 5.69. The van der Waals surface area contributed by atoms with Crippen LogP contribution < -0.4 is 0 Å². The summed E-state index contributed by atoms with van der Waals surface area (Å²) in [7, 11) is 5.78. The summed E-state index contributed by atoms with van der Waals surface area (Å²) in [4.78, 5) is 0. The maximum Gasteiger partial charge on any atom is 0.112 e. The van der Waals surface area contributed by atoms with Crippen LogP contribution in [0.15, 0.2) is 0 Å². The minimum Gasteiger partial charge on any atom is -0.376 e. The molecule has 2 saturated heterocycles. The van der Waals surface area contributed by atoms with Gasteiger partial charge >= 0.3 is 0 Å². The molecule has 0 aromatic carbocycles. The van der Waals surface area contributed by atoms with E-state index in [1.54, 1.807) is 0 Å². The van der Waals surface area contributed by atoms with Crippen molar-refractivity contribution >= 4 is 7.85 Å². The van der Waals surface area contributed by atoms with Gasteiger partial charge in [0, 0.05) is 11.9 Å². The zero-order valence-corrected chi connectivity index (χ0v) is 7.75. The van der Waals surface area contributed by atoms with E-state index >= 15 is 0 Å². The first-order valence-electron chi connectivity index (χ1n) is 4.74. The lowest BCUT2D eigenvalue weighted by Gasteiger charge is -2.30. The largest absolute Gasteiger partial charge is 0.376 e. The molecule has 0 spiro atoms. The molecule has 3 unspecified atom stereocenters. The Bertz CT molecular complexity index is 185. The van der Waals surface area contributed by atoms with E-state index < -0.39 is 0 Å². The zero-order valence-electron chi connectivity index (χ0n) is 7.75. The van der Waals surface area contributed by atoms with Gasteiger partial charge in [0.1, 0.15) is 7.85 Å². The lowest BCUT2D eigenvalue weighted by atomic mass is 9.84. The van der Waals surface area contributed by atoms with Crippen LogP contribution in [0, 0.1) is 5.92 Å². The van der Waals surface area contributed by atoms with E-state index in [1.807, 2.05) is 0 Å². The SMILES string of the molecule is [B]C1O[C@@]2(CCC)COC1C2C. The number of ether oxygens (including phenoxy) is 2. The second-order valence-corrected chi connectivity index (χ2v) is 3.96. The minimum atomic E-state index is -0.194. The van der Waals surface area contributed by atoms with Gasteiger partial charge in [0.2, 0.25) is 0 Å². The third-order valence-electron chi connectivity index (χ3n) is 3.21. The van der Waals surface area contributed by atoms with Crippen LogP contribution in [-0.4, -0.2) is 32.2 Å². The van der Waals surface area contributed by atoms with Gasteiger partial charge in [0.05, 0.1) is 18.3 Å². The molecule has 2 heterocycles. The first-order valence-corrected chi connectivity index (χ1v) is 4.74. The molecule has 4 atom stereocenters. The highest BCUT2D eigenvalue weighted by atomic mass is 16.6. The van der Waals surface area contributed by atoms with Crippen LogP contribution >= 0.6 is 0 Å². The van der Waals surface area contributed by atoms with Gasteiger partial charge < -0.3 is 9.47 Å². The molecule has 0 aromatic heterocycles. The van der Waals surface area contributed by atoms with Crippen LogP contribution in [0.4, 0.5) is 0 Å². The average Bonchev–Trinajstić information content (AvgIpc) is 2.41. The highest BCUT2D eigenvalue weighted by Gasteiger charge is 2.56. The van der Waals surface area contributed by atoms with Gasteiger partial charge in [0.25, 0.3) is 0 Å². The van der Waals surface area contributed by atoms with Crippen molar-refractivity contribution in [3.05, 3.63) is 0 Å². The monoisotopic (exact) mass is 166 g/mol. The van der Waals surface area contributed by atoms with Crippen LogP contribution in [0.25, 0.3) is 0 Å². The maximum atomic E-state index is 5.78. The Morgan fingerprint density at radius 3 is 2.75 bits per heavy atom. The van der Waals surface area contributed by atoms with Crippen molar-refractivity contribution in [1.29, 1.82) is 0 Å². The Hall–Kier alpha value is -0.0151.